The van der Waals surface area contributed by atoms with Crippen LogP contribution in [0.2, 0.25) is 0 Å². The lowest BCUT2D eigenvalue weighted by Gasteiger charge is -2.22. The van der Waals surface area contributed by atoms with Crippen LogP contribution in [0.5, 0.6) is 0 Å². The van der Waals surface area contributed by atoms with Crippen LogP contribution in [0.4, 0.5) is 24.5 Å². The molecule has 0 saturated heterocycles. The topological polar surface area (TPSA) is 38.0 Å². The molecule has 18 heavy (non-hydrogen) atoms. The Hall–Kier alpha value is -1.39. The molecule has 0 aromatic heterocycles. The van der Waals surface area contributed by atoms with Gasteiger partial charge in [0.1, 0.15) is 0 Å². The summed E-state index contributed by atoms with van der Waals surface area (Å²) in [5.41, 5.74) is 5.60. The Labute approximate surface area is 105 Å². The largest absolute Gasteiger partial charge is 0.416 e. The summed E-state index contributed by atoms with van der Waals surface area (Å²) in [7, 11) is 0. The van der Waals surface area contributed by atoms with Gasteiger partial charge < -0.3 is 11.1 Å². The molecule has 1 rings (SSSR count). The Morgan fingerprint density at radius 2 is 1.89 bits per heavy atom. The van der Waals surface area contributed by atoms with Crippen LogP contribution in [0.3, 0.4) is 0 Å². The van der Waals surface area contributed by atoms with Crippen LogP contribution < -0.4 is 11.1 Å². The smallest absolute Gasteiger partial charge is 0.397 e. The fraction of sp³-hybridized carbons (Fsp3) is 0.538. The maximum absolute atomic E-state index is 12.5. The molecule has 102 valence electrons. The maximum atomic E-state index is 12.5. The van der Waals surface area contributed by atoms with Crippen molar-refractivity contribution >= 4 is 11.4 Å². The summed E-state index contributed by atoms with van der Waals surface area (Å²) in [6.07, 6.45) is -3.36. The average Bonchev–Trinajstić information content (AvgIpc) is 2.29. The zero-order valence-electron chi connectivity index (χ0n) is 10.8. The second kappa shape index (κ2) is 5.50. The summed E-state index contributed by atoms with van der Waals surface area (Å²) in [5.74, 6) is 0.423. The van der Waals surface area contributed by atoms with E-state index in [1.54, 1.807) is 0 Å². The second-order valence-corrected chi connectivity index (χ2v) is 4.62. The first kappa shape index (κ1) is 14.7. The van der Waals surface area contributed by atoms with Gasteiger partial charge in [-0.25, -0.2) is 0 Å². The number of hydrogen-bond acceptors (Lipinski definition) is 2. The maximum Gasteiger partial charge on any atom is 0.416 e. The van der Waals surface area contributed by atoms with E-state index in [-0.39, 0.29) is 11.7 Å². The molecule has 0 aliphatic carbocycles. The lowest BCUT2D eigenvalue weighted by molar-refractivity contribution is -0.137. The molecular formula is C13H19F3N2. The number of halogens is 3. The summed E-state index contributed by atoms with van der Waals surface area (Å²) in [6, 6.07) is 3.55. The fourth-order valence-corrected chi connectivity index (χ4v) is 1.61. The standard InChI is InChI=1S/C13H19F3N2/c1-4-8(2)9(3)18-12-6-5-10(7-11(12)17)13(14,15)16/h5-9,18H,4,17H2,1-3H3. The van der Waals surface area contributed by atoms with Crippen LogP contribution in [-0.2, 0) is 6.18 Å². The molecule has 2 atom stereocenters. The van der Waals surface area contributed by atoms with Crippen LogP contribution >= 0.6 is 0 Å². The quantitative estimate of drug-likeness (QED) is 0.799. The van der Waals surface area contributed by atoms with E-state index in [1.165, 1.54) is 6.07 Å². The van der Waals surface area contributed by atoms with E-state index >= 15 is 0 Å². The Morgan fingerprint density at radius 3 is 2.33 bits per heavy atom. The molecule has 0 spiro atoms. The minimum atomic E-state index is -4.35. The summed E-state index contributed by atoms with van der Waals surface area (Å²) in [4.78, 5) is 0. The van der Waals surface area contributed by atoms with Gasteiger partial charge in [0.25, 0.3) is 0 Å². The van der Waals surface area contributed by atoms with Gasteiger partial charge in [-0.1, -0.05) is 20.3 Å². The summed E-state index contributed by atoms with van der Waals surface area (Å²) in [5, 5.41) is 3.15. The minimum absolute atomic E-state index is 0.125. The van der Waals surface area contributed by atoms with Crippen LogP contribution in [0, 0.1) is 5.92 Å². The van der Waals surface area contributed by atoms with Gasteiger partial charge >= 0.3 is 6.18 Å². The Bertz CT molecular complexity index is 402. The van der Waals surface area contributed by atoms with Crippen LogP contribution in [0.15, 0.2) is 18.2 Å². The van der Waals surface area contributed by atoms with Gasteiger partial charge in [0.2, 0.25) is 0 Å². The monoisotopic (exact) mass is 260 g/mol. The second-order valence-electron chi connectivity index (χ2n) is 4.62. The van der Waals surface area contributed by atoms with Gasteiger partial charge in [-0.2, -0.15) is 13.2 Å². The van der Waals surface area contributed by atoms with E-state index in [9.17, 15) is 13.2 Å². The molecule has 0 aliphatic rings. The highest BCUT2D eigenvalue weighted by atomic mass is 19.4. The highest BCUT2D eigenvalue weighted by Crippen LogP contribution is 2.33. The van der Waals surface area contributed by atoms with E-state index in [2.05, 4.69) is 19.2 Å². The first-order valence-corrected chi connectivity index (χ1v) is 5.99. The predicted octanol–water partition coefficient (Wildman–Crippen LogP) is 4.13. The van der Waals surface area contributed by atoms with E-state index < -0.39 is 11.7 Å². The van der Waals surface area contributed by atoms with Crippen molar-refractivity contribution in [1.82, 2.24) is 0 Å². The molecule has 0 aliphatic heterocycles. The lowest BCUT2D eigenvalue weighted by atomic mass is 10.0. The first-order chi connectivity index (χ1) is 8.25. The van der Waals surface area contributed by atoms with E-state index in [0.29, 0.717) is 11.6 Å². The van der Waals surface area contributed by atoms with Crippen molar-refractivity contribution in [2.24, 2.45) is 5.92 Å². The van der Waals surface area contributed by atoms with Gasteiger partial charge in [0, 0.05) is 6.04 Å². The van der Waals surface area contributed by atoms with Gasteiger partial charge in [-0.05, 0) is 31.0 Å². The van der Waals surface area contributed by atoms with Crippen LogP contribution in [0.1, 0.15) is 32.8 Å². The third-order valence-electron chi connectivity index (χ3n) is 3.26. The Balaban J connectivity index is 2.87. The molecule has 2 unspecified atom stereocenters. The predicted molar refractivity (Wildman–Crippen MR) is 68.4 cm³/mol. The molecule has 0 amide bonds. The fourth-order valence-electron chi connectivity index (χ4n) is 1.61. The molecule has 0 heterocycles. The molecule has 0 saturated carbocycles. The molecule has 1 aromatic carbocycles. The van der Waals surface area contributed by atoms with Gasteiger partial charge in [-0.3, -0.25) is 0 Å². The third-order valence-corrected chi connectivity index (χ3v) is 3.26. The van der Waals surface area contributed by atoms with Crippen molar-refractivity contribution < 1.29 is 13.2 Å². The van der Waals surface area contributed by atoms with Crippen LogP contribution in [0.25, 0.3) is 0 Å². The molecule has 1 aromatic rings. The Morgan fingerprint density at radius 1 is 1.28 bits per heavy atom. The number of nitrogen functional groups attached to an aromatic ring is 1. The molecule has 0 radical (unpaired) electrons. The highest BCUT2D eigenvalue weighted by Gasteiger charge is 2.30. The van der Waals surface area contributed by atoms with E-state index in [1.807, 2.05) is 6.92 Å². The number of nitrogens with one attached hydrogen (secondary N) is 1. The zero-order chi connectivity index (χ0) is 13.9. The van der Waals surface area contributed by atoms with Gasteiger partial charge in [-0.15, -0.1) is 0 Å². The number of nitrogens with two attached hydrogens (primary N) is 1. The number of hydrogen-bond donors (Lipinski definition) is 2. The number of alkyl halides is 3. The first-order valence-electron chi connectivity index (χ1n) is 5.99. The molecule has 5 heteroatoms. The van der Waals surface area contributed by atoms with Crippen molar-refractivity contribution in [3.8, 4) is 0 Å². The molecule has 3 N–H and O–H groups in total. The SMILES string of the molecule is CCC(C)C(C)Nc1ccc(C(F)(F)F)cc1N. The number of rotatable bonds is 4. The molecule has 0 fully saturated rings. The summed E-state index contributed by atoms with van der Waals surface area (Å²) >= 11 is 0. The summed E-state index contributed by atoms with van der Waals surface area (Å²) < 4.78 is 37.4. The Kier molecular flexibility index (Phi) is 4.48. The summed E-state index contributed by atoms with van der Waals surface area (Å²) in [6.45, 7) is 6.14. The van der Waals surface area contributed by atoms with E-state index in [0.717, 1.165) is 18.6 Å². The van der Waals surface area contributed by atoms with Gasteiger partial charge in [0.05, 0.1) is 16.9 Å². The third kappa shape index (κ3) is 3.55. The average molecular weight is 260 g/mol. The normalized spacial score (nSPS) is 15.2. The number of benzene rings is 1. The van der Waals surface area contributed by atoms with Crippen molar-refractivity contribution in [3.05, 3.63) is 23.8 Å². The van der Waals surface area contributed by atoms with Crippen LogP contribution in [-0.4, -0.2) is 6.04 Å². The molecule has 2 nitrogen and oxygen atoms in total. The van der Waals surface area contributed by atoms with Crippen molar-refractivity contribution in [2.75, 3.05) is 11.1 Å². The van der Waals surface area contributed by atoms with Crippen molar-refractivity contribution in [3.63, 3.8) is 0 Å². The van der Waals surface area contributed by atoms with E-state index in [4.69, 9.17) is 5.73 Å². The van der Waals surface area contributed by atoms with Crippen molar-refractivity contribution in [1.29, 1.82) is 0 Å². The van der Waals surface area contributed by atoms with Gasteiger partial charge in [0.15, 0.2) is 0 Å². The zero-order valence-corrected chi connectivity index (χ0v) is 10.8. The molecule has 0 bridgehead atoms. The number of anilines is 2. The minimum Gasteiger partial charge on any atom is -0.397 e. The molecular weight excluding hydrogens is 241 g/mol. The highest BCUT2D eigenvalue weighted by molar-refractivity contribution is 5.67. The lowest BCUT2D eigenvalue weighted by Crippen LogP contribution is -2.23. The van der Waals surface area contributed by atoms with Crippen molar-refractivity contribution in [2.45, 2.75) is 39.4 Å².